The highest BCUT2D eigenvalue weighted by Crippen LogP contribution is 2.25. The van der Waals surface area contributed by atoms with Gasteiger partial charge in [0.25, 0.3) is 0 Å². The molecule has 0 saturated carbocycles. The van der Waals surface area contributed by atoms with Crippen LogP contribution in [0, 0.1) is 0 Å². The highest BCUT2D eigenvalue weighted by molar-refractivity contribution is 7.89. The van der Waals surface area contributed by atoms with Gasteiger partial charge in [0.2, 0.25) is 10.0 Å². The maximum atomic E-state index is 12.6. The van der Waals surface area contributed by atoms with Gasteiger partial charge in [-0.05, 0) is 26.8 Å². The highest BCUT2D eigenvalue weighted by atomic mass is 32.2. The number of aromatic nitrogens is 1. The predicted molar refractivity (Wildman–Crippen MR) is 74.8 cm³/mol. The van der Waals surface area contributed by atoms with E-state index in [0.717, 1.165) is 0 Å². The van der Waals surface area contributed by atoms with Crippen molar-refractivity contribution in [1.82, 2.24) is 8.87 Å². The molecule has 1 aromatic rings. The molecule has 0 unspecified atom stereocenters. The van der Waals surface area contributed by atoms with E-state index in [1.807, 2.05) is 20.8 Å². The van der Waals surface area contributed by atoms with E-state index < -0.39 is 15.6 Å². The molecule has 0 aliphatic carbocycles. The molecular weight excluding hydrogens is 280 g/mol. The van der Waals surface area contributed by atoms with E-state index in [9.17, 15) is 13.5 Å². The standard InChI is InChI=1S/C13H22N2O4S/c1-4-14-8-12(7-11(14)9-16)20(17,18)15-5-6-19-13(2,3)10-15/h7-8,16H,4-6,9-10H2,1-3H3. The molecule has 7 heteroatoms. The van der Waals surface area contributed by atoms with Crippen molar-refractivity contribution >= 4 is 10.0 Å². The van der Waals surface area contributed by atoms with Gasteiger partial charge in [0.15, 0.2) is 0 Å². The molecule has 2 rings (SSSR count). The fourth-order valence-electron chi connectivity index (χ4n) is 2.42. The molecule has 0 radical (unpaired) electrons. The van der Waals surface area contributed by atoms with E-state index in [1.54, 1.807) is 16.8 Å². The summed E-state index contributed by atoms with van der Waals surface area (Å²) in [5.74, 6) is 0. The molecule has 0 amide bonds. The Morgan fingerprint density at radius 1 is 1.45 bits per heavy atom. The molecule has 1 N–H and O–H groups in total. The van der Waals surface area contributed by atoms with Crippen LogP contribution in [0.1, 0.15) is 26.5 Å². The van der Waals surface area contributed by atoms with Crippen LogP contribution in [0.3, 0.4) is 0 Å². The second-order valence-electron chi connectivity index (χ2n) is 5.56. The van der Waals surface area contributed by atoms with E-state index in [0.29, 0.717) is 31.9 Å². The molecule has 1 saturated heterocycles. The zero-order valence-corrected chi connectivity index (χ0v) is 13.0. The second-order valence-corrected chi connectivity index (χ2v) is 7.50. The Hall–Kier alpha value is -0.890. The minimum Gasteiger partial charge on any atom is -0.390 e. The summed E-state index contributed by atoms with van der Waals surface area (Å²) in [6, 6.07) is 1.54. The van der Waals surface area contributed by atoms with E-state index in [4.69, 9.17) is 4.74 Å². The van der Waals surface area contributed by atoms with Gasteiger partial charge in [-0.25, -0.2) is 8.42 Å². The van der Waals surface area contributed by atoms with Crippen LogP contribution in [0.25, 0.3) is 0 Å². The fraction of sp³-hybridized carbons (Fsp3) is 0.692. The highest BCUT2D eigenvalue weighted by Gasteiger charge is 2.35. The Bertz CT molecular complexity index is 556. The maximum absolute atomic E-state index is 12.6. The van der Waals surface area contributed by atoms with Gasteiger partial charge >= 0.3 is 0 Å². The average Bonchev–Trinajstić information content (AvgIpc) is 2.81. The summed E-state index contributed by atoms with van der Waals surface area (Å²) < 4.78 is 34.0. The van der Waals surface area contributed by atoms with Gasteiger partial charge in [-0.2, -0.15) is 4.31 Å². The van der Waals surface area contributed by atoms with Crippen molar-refractivity contribution in [2.45, 2.75) is 44.4 Å². The summed E-state index contributed by atoms with van der Waals surface area (Å²) in [5, 5.41) is 9.27. The lowest BCUT2D eigenvalue weighted by atomic mass is 10.1. The van der Waals surface area contributed by atoms with Gasteiger partial charge in [-0.1, -0.05) is 0 Å². The molecule has 114 valence electrons. The fourth-order valence-corrected chi connectivity index (χ4v) is 4.06. The SMILES string of the molecule is CCn1cc(S(=O)(=O)N2CCOC(C)(C)C2)cc1CO. The lowest BCUT2D eigenvalue weighted by Gasteiger charge is -2.37. The van der Waals surface area contributed by atoms with E-state index in [2.05, 4.69) is 0 Å². The van der Waals surface area contributed by atoms with Crippen LogP contribution >= 0.6 is 0 Å². The van der Waals surface area contributed by atoms with Crippen molar-refractivity contribution in [2.24, 2.45) is 0 Å². The summed E-state index contributed by atoms with van der Waals surface area (Å²) >= 11 is 0. The van der Waals surface area contributed by atoms with Gasteiger partial charge in [-0.3, -0.25) is 0 Å². The quantitative estimate of drug-likeness (QED) is 0.893. The summed E-state index contributed by atoms with van der Waals surface area (Å²) in [5.41, 5.74) is 0.136. The van der Waals surface area contributed by atoms with Crippen LogP contribution in [0.15, 0.2) is 17.2 Å². The monoisotopic (exact) mass is 302 g/mol. The Morgan fingerprint density at radius 3 is 2.65 bits per heavy atom. The van der Waals surface area contributed by atoms with Crippen molar-refractivity contribution in [3.05, 3.63) is 18.0 Å². The number of ether oxygens (including phenoxy) is 1. The molecule has 0 bridgehead atoms. The Kier molecular flexibility index (Phi) is 4.24. The number of sulfonamides is 1. The first-order valence-corrected chi connectivity index (χ1v) is 8.18. The van der Waals surface area contributed by atoms with Crippen LogP contribution in [0.4, 0.5) is 0 Å². The third kappa shape index (κ3) is 2.90. The number of hydrogen-bond acceptors (Lipinski definition) is 4. The van der Waals surface area contributed by atoms with Crippen LogP contribution in [-0.2, 0) is 27.9 Å². The van der Waals surface area contributed by atoms with Crippen LogP contribution < -0.4 is 0 Å². The number of aryl methyl sites for hydroxylation is 1. The zero-order valence-electron chi connectivity index (χ0n) is 12.2. The minimum atomic E-state index is -3.53. The van der Waals surface area contributed by atoms with Gasteiger partial charge < -0.3 is 14.4 Å². The molecule has 1 aliphatic rings. The zero-order chi connectivity index (χ0) is 15.0. The van der Waals surface area contributed by atoms with Crippen molar-refractivity contribution in [2.75, 3.05) is 19.7 Å². The molecule has 0 atom stereocenters. The van der Waals surface area contributed by atoms with E-state index >= 15 is 0 Å². The Labute approximate surface area is 120 Å². The molecule has 6 nitrogen and oxygen atoms in total. The first-order valence-electron chi connectivity index (χ1n) is 6.74. The van der Waals surface area contributed by atoms with Crippen molar-refractivity contribution < 1.29 is 18.3 Å². The Morgan fingerprint density at radius 2 is 2.15 bits per heavy atom. The molecule has 20 heavy (non-hydrogen) atoms. The number of aliphatic hydroxyl groups is 1. The summed E-state index contributed by atoms with van der Waals surface area (Å²) in [6.07, 6.45) is 1.59. The number of morpholine rings is 1. The second kappa shape index (κ2) is 5.48. The Balaban J connectivity index is 2.32. The molecule has 1 aromatic heterocycles. The molecule has 1 fully saturated rings. The molecule has 0 aromatic carbocycles. The molecule has 2 heterocycles. The summed E-state index contributed by atoms with van der Waals surface area (Å²) in [7, 11) is -3.53. The van der Waals surface area contributed by atoms with Crippen molar-refractivity contribution in [3.63, 3.8) is 0 Å². The molecular formula is C13H22N2O4S. The number of rotatable bonds is 4. The van der Waals surface area contributed by atoms with Gasteiger partial charge in [0.1, 0.15) is 4.90 Å². The number of nitrogens with zero attached hydrogens (tertiary/aromatic N) is 2. The normalized spacial score (nSPS) is 20.2. The first-order chi connectivity index (χ1) is 9.30. The summed E-state index contributed by atoms with van der Waals surface area (Å²) in [4.78, 5) is 0.237. The lowest BCUT2D eigenvalue weighted by Crippen LogP contribution is -2.50. The topological polar surface area (TPSA) is 71.8 Å². The minimum absolute atomic E-state index is 0.169. The number of hydrogen-bond donors (Lipinski definition) is 1. The average molecular weight is 302 g/mol. The number of aliphatic hydroxyl groups excluding tert-OH is 1. The van der Waals surface area contributed by atoms with Gasteiger partial charge in [0.05, 0.1) is 18.8 Å². The largest absolute Gasteiger partial charge is 0.390 e. The third-order valence-electron chi connectivity index (χ3n) is 3.49. The third-order valence-corrected chi connectivity index (χ3v) is 5.30. The van der Waals surface area contributed by atoms with Crippen LogP contribution in [-0.4, -0.2) is 47.7 Å². The van der Waals surface area contributed by atoms with Gasteiger partial charge in [-0.15, -0.1) is 0 Å². The molecule has 1 aliphatic heterocycles. The molecule has 0 spiro atoms. The van der Waals surface area contributed by atoms with Crippen molar-refractivity contribution in [1.29, 1.82) is 0 Å². The van der Waals surface area contributed by atoms with E-state index in [-0.39, 0.29) is 11.5 Å². The summed E-state index contributed by atoms with van der Waals surface area (Å²) in [6.45, 7) is 7.22. The smallest absolute Gasteiger partial charge is 0.244 e. The van der Waals surface area contributed by atoms with Crippen LogP contribution in [0.5, 0.6) is 0 Å². The lowest BCUT2D eigenvalue weighted by molar-refractivity contribution is -0.0640. The van der Waals surface area contributed by atoms with Crippen molar-refractivity contribution in [3.8, 4) is 0 Å². The maximum Gasteiger partial charge on any atom is 0.244 e. The first kappa shape index (κ1) is 15.5. The van der Waals surface area contributed by atoms with Crippen LogP contribution in [0.2, 0.25) is 0 Å². The predicted octanol–water partition coefficient (Wildman–Crippen LogP) is 0.800. The van der Waals surface area contributed by atoms with Gasteiger partial charge in [0, 0.05) is 31.5 Å². The van der Waals surface area contributed by atoms with E-state index in [1.165, 1.54) is 4.31 Å².